The SMILES string of the molecule is Fc1ccc2c(c1)C(NCc1ccccc1F)CCO2. The molecule has 0 fully saturated rings. The van der Waals surface area contributed by atoms with Crippen molar-refractivity contribution < 1.29 is 13.5 Å². The number of fused-ring (bicyclic) bond motifs is 1. The fourth-order valence-corrected chi connectivity index (χ4v) is 2.45. The molecule has 0 radical (unpaired) electrons. The molecule has 0 spiro atoms. The van der Waals surface area contributed by atoms with Crippen LogP contribution < -0.4 is 10.1 Å². The lowest BCUT2D eigenvalue weighted by Crippen LogP contribution is -2.27. The second-order valence-electron chi connectivity index (χ2n) is 4.84. The average Bonchev–Trinajstić information content (AvgIpc) is 2.46. The summed E-state index contributed by atoms with van der Waals surface area (Å²) in [5.74, 6) is 0.183. The summed E-state index contributed by atoms with van der Waals surface area (Å²) >= 11 is 0. The van der Waals surface area contributed by atoms with Crippen LogP contribution in [0, 0.1) is 11.6 Å². The van der Waals surface area contributed by atoms with Crippen molar-refractivity contribution in [1.29, 1.82) is 0 Å². The number of hydrogen-bond acceptors (Lipinski definition) is 2. The summed E-state index contributed by atoms with van der Waals surface area (Å²) in [5, 5.41) is 3.28. The number of halogens is 2. The van der Waals surface area contributed by atoms with E-state index in [-0.39, 0.29) is 17.7 Å². The third-order valence-corrected chi connectivity index (χ3v) is 3.51. The van der Waals surface area contributed by atoms with Gasteiger partial charge < -0.3 is 10.1 Å². The normalized spacial score (nSPS) is 17.4. The first-order valence-corrected chi connectivity index (χ1v) is 6.63. The van der Waals surface area contributed by atoms with Gasteiger partial charge in [-0.2, -0.15) is 0 Å². The molecular formula is C16H15F2NO. The molecule has 1 N–H and O–H groups in total. The maximum Gasteiger partial charge on any atom is 0.127 e. The molecule has 20 heavy (non-hydrogen) atoms. The second-order valence-corrected chi connectivity index (χ2v) is 4.84. The van der Waals surface area contributed by atoms with E-state index in [1.54, 1.807) is 24.3 Å². The minimum Gasteiger partial charge on any atom is -0.493 e. The lowest BCUT2D eigenvalue weighted by molar-refractivity contribution is 0.251. The summed E-state index contributed by atoms with van der Waals surface area (Å²) in [6.07, 6.45) is 0.741. The Morgan fingerprint density at radius 2 is 2.00 bits per heavy atom. The van der Waals surface area contributed by atoms with Crippen LogP contribution in [0.4, 0.5) is 8.78 Å². The minimum absolute atomic E-state index is 0.0194. The van der Waals surface area contributed by atoms with Gasteiger partial charge in [-0.3, -0.25) is 0 Å². The van der Waals surface area contributed by atoms with Gasteiger partial charge in [-0.15, -0.1) is 0 Å². The monoisotopic (exact) mass is 275 g/mol. The standard InChI is InChI=1S/C16H15F2NO/c17-12-5-6-16-13(9-12)15(7-8-20-16)19-10-11-3-1-2-4-14(11)18/h1-6,9,15,19H,7-8,10H2. The van der Waals surface area contributed by atoms with E-state index in [9.17, 15) is 8.78 Å². The Morgan fingerprint density at radius 3 is 2.85 bits per heavy atom. The van der Waals surface area contributed by atoms with Crippen molar-refractivity contribution in [2.24, 2.45) is 0 Å². The zero-order valence-corrected chi connectivity index (χ0v) is 10.9. The zero-order valence-electron chi connectivity index (χ0n) is 10.9. The van der Waals surface area contributed by atoms with Gasteiger partial charge in [0.1, 0.15) is 17.4 Å². The molecule has 0 aliphatic carbocycles. The molecule has 0 bridgehead atoms. The number of benzene rings is 2. The Kier molecular flexibility index (Phi) is 3.65. The molecule has 2 aromatic carbocycles. The highest BCUT2D eigenvalue weighted by Gasteiger charge is 2.21. The molecule has 104 valence electrons. The summed E-state index contributed by atoms with van der Waals surface area (Å²) in [5.41, 5.74) is 1.41. The minimum atomic E-state index is -0.285. The van der Waals surface area contributed by atoms with Crippen molar-refractivity contribution in [3.63, 3.8) is 0 Å². The average molecular weight is 275 g/mol. The predicted octanol–water partition coefficient (Wildman–Crippen LogP) is 3.58. The van der Waals surface area contributed by atoms with Crippen molar-refractivity contribution in [2.45, 2.75) is 19.0 Å². The topological polar surface area (TPSA) is 21.3 Å². The molecule has 0 aromatic heterocycles. The van der Waals surface area contributed by atoms with Gasteiger partial charge in [0.25, 0.3) is 0 Å². The number of nitrogens with one attached hydrogen (secondary N) is 1. The van der Waals surface area contributed by atoms with Crippen LogP contribution >= 0.6 is 0 Å². The zero-order chi connectivity index (χ0) is 13.9. The maximum absolute atomic E-state index is 13.6. The van der Waals surface area contributed by atoms with E-state index in [0.29, 0.717) is 24.5 Å². The molecular weight excluding hydrogens is 260 g/mol. The number of rotatable bonds is 3. The molecule has 0 saturated heterocycles. The summed E-state index contributed by atoms with van der Waals surface area (Å²) in [4.78, 5) is 0. The molecule has 4 heteroatoms. The van der Waals surface area contributed by atoms with Crippen molar-refractivity contribution in [1.82, 2.24) is 5.32 Å². The van der Waals surface area contributed by atoms with Crippen molar-refractivity contribution in [3.8, 4) is 5.75 Å². The molecule has 0 amide bonds. The van der Waals surface area contributed by atoms with Gasteiger partial charge in [0.05, 0.1) is 6.61 Å². The largest absolute Gasteiger partial charge is 0.493 e. The molecule has 1 heterocycles. The molecule has 2 nitrogen and oxygen atoms in total. The number of ether oxygens (including phenoxy) is 1. The highest BCUT2D eigenvalue weighted by atomic mass is 19.1. The van der Waals surface area contributed by atoms with Gasteiger partial charge in [-0.1, -0.05) is 18.2 Å². The van der Waals surface area contributed by atoms with Gasteiger partial charge >= 0.3 is 0 Å². The third-order valence-electron chi connectivity index (χ3n) is 3.51. The van der Waals surface area contributed by atoms with Crippen LogP contribution in [0.15, 0.2) is 42.5 Å². The molecule has 1 unspecified atom stereocenters. The van der Waals surface area contributed by atoms with Crippen LogP contribution in [0.1, 0.15) is 23.6 Å². The lowest BCUT2D eigenvalue weighted by atomic mass is 10.00. The third kappa shape index (κ3) is 2.65. The Bertz CT molecular complexity index is 615. The van der Waals surface area contributed by atoms with E-state index in [1.807, 2.05) is 0 Å². The van der Waals surface area contributed by atoms with Gasteiger partial charge in [0.15, 0.2) is 0 Å². The molecule has 2 aromatic rings. The summed E-state index contributed by atoms with van der Waals surface area (Å²) in [6, 6.07) is 11.1. The van der Waals surface area contributed by atoms with E-state index in [1.165, 1.54) is 18.2 Å². The van der Waals surface area contributed by atoms with Crippen molar-refractivity contribution in [3.05, 3.63) is 65.2 Å². The molecule has 1 aliphatic rings. The quantitative estimate of drug-likeness (QED) is 0.924. The Hall–Kier alpha value is -1.94. The summed E-state index contributed by atoms with van der Waals surface area (Å²) < 4.78 is 32.4. The first kappa shape index (κ1) is 13.1. The highest BCUT2D eigenvalue weighted by molar-refractivity contribution is 5.38. The fourth-order valence-electron chi connectivity index (χ4n) is 2.45. The summed E-state index contributed by atoms with van der Waals surface area (Å²) in [6.45, 7) is 0.987. The van der Waals surface area contributed by atoms with Gasteiger partial charge in [-0.25, -0.2) is 8.78 Å². The molecule has 1 aliphatic heterocycles. The van der Waals surface area contributed by atoms with E-state index >= 15 is 0 Å². The van der Waals surface area contributed by atoms with E-state index in [0.717, 1.165) is 12.0 Å². The Morgan fingerprint density at radius 1 is 1.15 bits per heavy atom. The van der Waals surface area contributed by atoms with Crippen molar-refractivity contribution in [2.75, 3.05) is 6.61 Å². The van der Waals surface area contributed by atoms with Crippen LogP contribution in [-0.4, -0.2) is 6.61 Å². The molecule has 0 saturated carbocycles. The van der Waals surface area contributed by atoms with Crippen LogP contribution in [0.5, 0.6) is 5.75 Å². The Balaban J connectivity index is 1.77. The van der Waals surface area contributed by atoms with Gasteiger partial charge in [-0.05, 0) is 24.3 Å². The molecule has 1 atom stereocenters. The Labute approximate surface area is 116 Å². The smallest absolute Gasteiger partial charge is 0.127 e. The van der Waals surface area contributed by atoms with Gasteiger partial charge in [0, 0.05) is 30.1 Å². The summed E-state index contributed by atoms with van der Waals surface area (Å²) in [7, 11) is 0. The van der Waals surface area contributed by atoms with Crippen LogP contribution in [0.2, 0.25) is 0 Å². The first-order chi connectivity index (χ1) is 9.74. The van der Waals surface area contributed by atoms with Crippen molar-refractivity contribution >= 4 is 0 Å². The number of hydrogen-bond donors (Lipinski definition) is 1. The fraction of sp³-hybridized carbons (Fsp3) is 0.250. The first-order valence-electron chi connectivity index (χ1n) is 6.63. The predicted molar refractivity (Wildman–Crippen MR) is 72.5 cm³/mol. The lowest BCUT2D eigenvalue weighted by Gasteiger charge is -2.27. The highest BCUT2D eigenvalue weighted by Crippen LogP contribution is 2.32. The van der Waals surface area contributed by atoms with E-state index < -0.39 is 0 Å². The van der Waals surface area contributed by atoms with E-state index in [2.05, 4.69) is 5.32 Å². The van der Waals surface area contributed by atoms with E-state index in [4.69, 9.17) is 4.74 Å². The van der Waals surface area contributed by atoms with Crippen LogP contribution in [0.3, 0.4) is 0 Å². The van der Waals surface area contributed by atoms with Gasteiger partial charge in [0.2, 0.25) is 0 Å². The second kappa shape index (κ2) is 5.59. The maximum atomic E-state index is 13.6. The van der Waals surface area contributed by atoms with Crippen LogP contribution in [0.25, 0.3) is 0 Å². The van der Waals surface area contributed by atoms with Crippen LogP contribution in [-0.2, 0) is 6.54 Å². The molecule has 3 rings (SSSR count).